The van der Waals surface area contributed by atoms with Gasteiger partial charge >= 0.3 is 0 Å². The molecule has 24 heavy (non-hydrogen) atoms. The number of thiocarbonyl (C=S) groups is 1. The Hall–Kier alpha value is -2.47. The summed E-state index contributed by atoms with van der Waals surface area (Å²) < 4.78 is 16.8. The van der Waals surface area contributed by atoms with Crippen LogP contribution in [0, 0.1) is 0 Å². The van der Waals surface area contributed by atoms with Crippen LogP contribution in [0.3, 0.4) is 0 Å². The smallest absolute Gasteiger partial charge is 0.173 e. The lowest BCUT2D eigenvalue weighted by Gasteiger charge is -2.30. The fraction of sp³-hybridized carbons (Fsp3) is 0.278. The molecule has 0 saturated carbocycles. The minimum Gasteiger partial charge on any atom is -0.497 e. The first kappa shape index (κ1) is 16.4. The van der Waals surface area contributed by atoms with E-state index >= 15 is 0 Å². The molecule has 2 aromatic carbocycles. The van der Waals surface area contributed by atoms with E-state index < -0.39 is 0 Å². The van der Waals surface area contributed by atoms with Gasteiger partial charge < -0.3 is 24.4 Å². The van der Waals surface area contributed by atoms with Crippen molar-refractivity contribution in [3.05, 3.63) is 48.5 Å². The van der Waals surface area contributed by atoms with Crippen LogP contribution in [0.2, 0.25) is 0 Å². The van der Waals surface area contributed by atoms with Crippen LogP contribution in [0.4, 0.5) is 5.69 Å². The zero-order valence-electron chi connectivity index (χ0n) is 13.7. The van der Waals surface area contributed by atoms with E-state index in [4.69, 9.17) is 26.4 Å². The Kier molecular flexibility index (Phi) is 5.05. The molecule has 0 aliphatic carbocycles. The molecule has 6 heteroatoms. The SMILES string of the molecule is COc1ccc(NC(=S)N(C)C[C@H]2COc3ccccc3O2)cc1. The summed E-state index contributed by atoms with van der Waals surface area (Å²) >= 11 is 5.45. The number of anilines is 1. The number of nitrogens with one attached hydrogen (secondary N) is 1. The highest BCUT2D eigenvalue weighted by Crippen LogP contribution is 2.31. The van der Waals surface area contributed by atoms with E-state index in [1.165, 1.54) is 0 Å². The van der Waals surface area contributed by atoms with Gasteiger partial charge in [0.25, 0.3) is 0 Å². The lowest BCUT2D eigenvalue weighted by atomic mass is 10.2. The fourth-order valence-corrected chi connectivity index (χ4v) is 2.63. The molecule has 1 N–H and O–H groups in total. The maximum absolute atomic E-state index is 5.96. The second-order valence-corrected chi connectivity index (χ2v) is 5.92. The van der Waals surface area contributed by atoms with Crippen LogP contribution >= 0.6 is 12.2 Å². The molecular formula is C18H20N2O3S. The number of fused-ring (bicyclic) bond motifs is 1. The van der Waals surface area contributed by atoms with Crippen LogP contribution in [-0.4, -0.2) is 43.4 Å². The standard InChI is InChI=1S/C18H20N2O3S/c1-20(18(24)19-13-7-9-14(21-2)10-8-13)11-15-12-22-16-5-3-4-6-17(16)23-15/h3-10,15H,11-12H2,1-2H3,(H,19,24)/t15-/m0/s1. The largest absolute Gasteiger partial charge is 0.497 e. The van der Waals surface area contributed by atoms with E-state index in [0.717, 1.165) is 22.9 Å². The Bertz CT molecular complexity index is 706. The van der Waals surface area contributed by atoms with E-state index in [-0.39, 0.29) is 6.10 Å². The first-order chi connectivity index (χ1) is 11.7. The van der Waals surface area contributed by atoms with Gasteiger partial charge in [-0.1, -0.05) is 12.1 Å². The van der Waals surface area contributed by atoms with E-state index in [9.17, 15) is 0 Å². The van der Waals surface area contributed by atoms with Crippen molar-refractivity contribution < 1.29 is 14.2 Å². The summed E-state index contributed by atoms with van der Waals surface area (Å²) in [4.78, 5) is 1.95. The molecule has 126 valence electrons. The molecule has 0 unspecified atom stereocenters. The molecule has 0 saturated heterocycles. The highest BCUT2D eigenvalue weighted by atomic mass is 32.1. The zero-order valence-corrected chi connectivity index (χ0v) is 14.5. The molecule has 1 heterocycles. The Morgan fingerprint density at radius 1 is 1.21 bits per heavy atom. The lowest BCUT2D eigenvalue weighted by molar-refractivity contribution is 0.0784. The van der Waals surface area contributed by atoms with Gasteiger partial charge in [-0.2, -0.15) is 0 Å². The van der Waals surface area contributed by atoms with Gasteiger partial charge in [-0.3, -0.25) is 0 Å². The maximum Gasteiger partial charge on any atom is 0.173 e. The molecule has 3 rings (SSSR count). The summed E-state index contributed by atoms with van der Waals surface area (Å²) in [6.07, 6.45) is -0.0690. The summed E-state index contributed by atoms with van der Waals surface area (Å²) in [6.45, 7) is 1.14. The quantitative estimate of drug-likeness (QED) is 0.860. The van der Waals surface area contributed by atoms with Gasteiger partial charge in [-0.15, -0.1) is 0 Å². The number of rotatable bonds is 4. The molecule has 0 radical (unpaired) electrons. The van der Waals surface area contributed by atoms with Crippen molar-refractivity contribution in [1.82, 2.24) is 4.90 Å². The summed E-state index contributed by atoms with van der Waals surface area (Å²) in [7, 11) is 3.58. The molecule has 0 bridgehead atoms. The summed E-state index contributed by atoms with van der Waals surface area (Å²) in [5, 5.41) is 3.83. The zero-order chi connectivity index (χ0) is 16.9. The normalized spacial score (nSPS) is 15.5. The van der Waals surface area contributed by atoms with Crippen molar-refractivity contribution in [2.24, 2.45) is 0 Å². The number of hydrogen-bond donors (Lipinski definition) is 1. The Morgan fingerprint density at radius 3 is 2.62 bits per heavy atom. The third-order valence-electron chi connectivity index (χ3n) is 3.73. The average Bonchev–Trinajstić information content (AvgIpc) is 2.62. The van der Waals surface area contributed by atoms with Crippen LogP contribution in [0.1, 0.15) is 0 Å². The number of nitrogens with zero attached hydrogens (tertiary/aromatic N) is 1. The summed E-state index contributed by atoms with van der Waals surface area (Å²) in [5.41, 5.74) is 0.916. The predicted molar refractivity (Wildman–Crippen MR) is 98.2 cm³/mol. The molecule has 1 atom stereocenters. The second-order valence-electron chi connectivity index (χ2n) is 5.54. The number of likely N-dealkylation sites (N-methyl/N-ethyl adjacent to an activating group) is 1. The van der Waals surface area contributed by atoms with Crippen molar-refractivity contribution in [3.63, 3.8) is 0 Å². The van der Waals surface area contributed by atoms with Gasteiger partial charge in [0.1, 0.15) is 12.4 Å². The van der Waals surface area contributed by atoms with Crippen LogP contribution < -0.4 is 19.5 Å². The van der Waals surface area contributed by atoms with Crippen LogP contribution in [0.25, 0.3) is 0 Å². The lowest BCUT2D eigenvalue weighted by Crippen LogP contribution is -2.43. The highest BCUT2D eigenvalue weighted by molar-refractivity contribution is 7.80. The van der Waals surface area contributed by atoms with E-state index in [1.54, 1.807) is 7.11 Å². The second kappa shape index (κ2) is 7.40. The first-order valence-corrected chi connectivity index (χ1v) is 8.11. The van der Waals surface area contributed by atoms with Crippen molar-refractivity contribution in [1.29, 1.82) is 0 Å². The Morgan fingerprint density at radius 2 is 1.92 bits per heavy atom. The molecule has 0 spiro atoms. The number of benzene rings is 2. The summed E-state index contributed by atoms with van der Waals surface area (Å²) in [5.74, 6) is 2.37. The monoisotopic (exact) mass is 344 g/mol. The molecule has 1 aliphatic rings. The average molecular weight is 344 g/mol. The van der Waals surface area contributed by atoms with Crippen molar-refractivity contribution >= 4 is 23.0 Å². The molecule has 1 aliphatic heterocycles. The van der Waals surface area contributed by atoms with Gasteiger partial charge in [-0.05, 0) is 48.6 Å². The molecular weight excluding hydrogens is 324 g/mol. The molecule has 2 aromatic rings. The third kappa shape index (κ3) is 3.89. The van der Waals surface area contributed by atoms with Crippen molar-refractivity contribution in [3.8, 4) is 17.2 Å². The van der Waals surface area contributed by atoms with E-state index in [2.05, 4.69) is 5.32 Å². The molecule has 5 nitrogen and oxygen atoms in total. The van der Waals surface area contributed by atoms with Gasteiger partial charge in [0.15, 0.2) is 22.7 Å². The van der Waals surface area contributed by atoms with E-state index in [1.807, 2.05) is 60.5 Å². The van der Waals surface area contributed by atoms with Crippen molar-refractivity contribution in [2.75, 3.05) is 32.6 Å². The van der Waals surface area contributed by atoms with E-state index in [0.29, 0.717) is 18.3 Å². The number of ether oxygens (including phenoxy) is 3. The minimum atomic E-state index is -0.0690. The Labute approximate surface area is 147 Å². The fourth-order valence-electron chi connectivity index (χ4n) is 2.43. The maximum atomic E-state index is 5.96. The topological polar surface area (TPSA) is 43.0 Å². The molecule has 0 amide bonds. The minimum absolute atomic E-state index is 0.0690. The number of methoxy groups -OCH3 is 1. The Balaban J connectivity index is 1.54. The third-order valence-corrected chi connectivity index (χ3v) is 4.15. The van der Waals surface area contributed by atoms with Crippen LogP contribution in [-0.2, 0) is 0 Å². The molecule has 0 fully saturated rings. The van der Waals surface area contributed by atoms with Gasteiger partial charge in [0, 0.05) is 12.7 Å². The number of para-hydroxylation sites is 2. The molecule has 0 aromatic heterocycles. The van der Waals surface area contributed by atoms with Crippen molar-refractivity contribution in [2.45, 2.75) is 6.10 Å². The van der Waals surface area contributed by atoms with Crippen LogP contribution in [0.15, 0.2) is 48.5 Å². The van der Waals surface area contributed by atoms with Crippen LogP contribution in [0.5, 0.6) is 17.2 Å². The predicted octanol–water partition coefficient (Wildman–Crippen LogP) is 3.16. The highest BCUT2D eigenvalue weighted by Gasteiger charge is 2.22. The number of hydrogen-bond acceptors (Lipinski definition) is 4. The summed E-state index contributed by atoms with van der Waals surface area (Å²) in [6, 6.07) is 15.3. The van der Waals surface area contributed by atoms with Gasteiger partial charge in [0.05, 0.1) is 13.7 Å². The first-order valence-electron chi connectivity index (χ1n) is 7.70. The van der Waals surface area contributed by atoms with Gasteiger partial charge in [-0.25, -0.2) is 0 Å². The van der Waals surface area contributed by atoms with Gasteiger partial charge in [0.2, 0.25) is 0 Å².